The number of rotatable bonds is 29. The zero-order valence-corrected chi connectivity index (χ0v) is 65.6. The third kappa shape index (κ3) is 17.4. The van der Waals surface area contributed by atoms with Crippen molar-refractivity contribution in [2.24, 2.45) is 0 Å². The number of hydrogen-bond donors (Lipinski definition) is 2. The normalized spacial score (nSPS) is 22.3. The van der Waals surface area contributed by atoms with Crippen LogP contribution in [-0.4, -0.2) is 160 Å². The number of nitrogens with zero attached hydrogens (tertiary/aromatic N) is 3. The SMILES string of the molecule is CCC1(CC)O[C@H]2[C@H](O[C@H]([C@H]3O[C@@H](n4ccc(=O)n(COCc5ccccc5)c4=O)[C@@H]4OC(C)(C)O[C@H]34)[C@H](NC(=O)OCc3ccccc3)C(=O)N(C)[C@H](CO[Si](c3ccccc3)(c3ccccc3)C(C)(C)C)[C@H](C=O)O[Si](c3ccccc3)(c3ccccc3)C(C)(C)C)O[C@H](CNC(=O)OC(C)(C)C)[C@H]2O1. The summed E-state index contributed by atoms with van der Waals surface area (Å²) in [5, 5.41) is 7.98. The van der Waals surface area contributed by atoms with Crippen molar-refractivity contribution in [1.82, 2.24) is 24.7 Å². The molecule has 0 radical (unpaired) electrons. The van der Waals surface area contributed by atoms with Crippen molar-refractivity contribution in [3.05, 3.63) is 226 Å². The minimum absolute atomic E-state index is 0.0735. The number of fused-ring (bicyclic) bond motifs is 2. The van der Waals surface area contributed by atoms with E-state index in [1.165, 1.54) is 28.8 Å². The zero-order chi connectivity index (χ0) is 76.7. The molecule has 5 heterocycles. The predicted molar refractivity (Wildman–Crippen MR) is 407 cm³/mol. The Morgan fingerprint density at radius 1 is 0.617 bits per heavy atom. The number of likely N-dealkylation sites (N-methyl/N-ethyl adjacent to an activating group) is 1. The Kier molecular flexibility index (Phi) is 24.8. The van der Waals surface area contributed by atoms with E-state index in [-0.39, 0.29) is 26.4 Å². The van der Waals surface area contributed by atoms with E-state index in [0.717, 1.165) is 37.2 Å². The molecule has 0 bridgehead atoms. The molecule has 0 unspecified atom stereocenters. The Balaban J connectivity index is 1.10. The molecule has 6 aromatic carbocycles. The number of carbonyl (C=O) groups is 4. The van der Waals surface area contributed by atoms with Crippen LogP contribution in [0.15, 0.2) is 204 Å². The fourth-order valence-electron chi connectivity index (χ4n) is 15.2. The third-order valence-electron chi connectivity index (χ3n) is 20.3. The topological polar surface area (TPSA) is 250 Å². The summed E-state index contributed by atoms with van der Waals surface area (Å²) in [5.41, 5.74) is -0.939. The van der Waals surface area contributed by atoms with Crippen LogP contribution in [0.2, 0.25) is 10.1 Å². The first-order valence-corrected chi connectivity index (χ1v) is 40.6. The fourth-order valence-corrected chi connectivity index (χ4v) is 24.4. The van der Waals surface area contributed by atoms with Gasteiger partial charge in [-0.2, -0.15) is 0 Å². The van der Waals surface area contributed by atoms with Crippen molar-refractivity contribution in [3.63, 3.8) is 0 Å². The summed E-state index contributed by atoms with van der Waals surface area (Å²) in [4.78, 5) is 91.8. The second-order valence-corrected chi connectivity index (χ2v) is 39.7. The highest BCUT2D eigenvalue weighted by Gasteiger charge is 2.64. The summed E-state index contributed by atoms with van der Waals surface area (Å²) in [6.07, 6.45) is -12.4. The maximum absolute atomic E-state index is 17.5. The summed E-state index contributed by atoms with van der Waals surface area (Å²) in [7, 11) is -5.83. The Morgan fingerprint density at radius 2 is 1.11 bits per heavy atom. The number of nitrogens with one attached hydrogen (secondary N) is 2. The average Bonchev–Trinajstić information content (AvgIpc) is 1.67. The summed E-state index contributed by atoms with van der Waals surface area (Å²) in [5.74, 6) is -3.49. The van der Waals surface area contributed by atoms with Gasteiger partial charge < -0.3 is 76.5 Å². The monoisotopic (exact) mass is 1500 g/mol. The summed E-state index contributed by atoms with van der Waals surface area (Å²) < 4.78 is 84.7. The van der Waals surface area contributed by atoms with Gasteiger partial charge in [0.1, 0.15) is 80.1 Å². The van der Waals surface area contributed by atoms with Gasteiger partial charge in [-0.25, -0.2) is 19.0 Å². The Morgan fingerprint density at radius 3 is 1.62 bits per heavy atom. The molecule has 4 aliphatic rings. The van der Waals surface area contributed by atoms with E-state index in [1.54, 1.807) is 58.9 Å². The predicted octanol–water partition coefficient (Wildman–Crippen LogP) is 9.38. The van der Waals surface area contributed by atoms with E-state index in [0.29, 0.717) is 18.4 Å². The number of amides is 3. The molecule has 23 nitrogen and oxygen atoms in total. The van der Waals surface area contributed by atoms with Crippen LogP contribution in [0.3, 0.4) is 0 Å². The molecule has 0 aliphatic carbocycles. The number of aromatic nitrogens is 2. The quantitative estimate of drug-likeness (QED) is 0.0327. The molecule has 4 saturated heterocycles. The lowest BCUT2D eigenvalue weighted by Gasteiger charge is -2.48. The molecule has 572 valence electrons. The van der Waals surface area contributed by atoms with E-state index in [2.05, 4.69) is 52.2 Å². The third-order valence-corrected chi connectivity index (χ3v) is 30.4. The molecule has 1 aromatic heterocycles. The van der Waals surface area contributed by atoms with E-state index in [9.17, 15) is 9.59 Å². The van der Waals surface area contributed by atoms with Crippen LogP contribution in [0.25, 0.3) is 0 Å². The summed E-state index contributed by atoms with van der Waals surface area (Å²) in [6.45, 7) is 23.9. The fraction of sp³-hybridized carbons (Fsp3) is 0.463. The van der Waals surface area contributed by atoms with Gasteiger partial charge in [0.15, 0.2) is 24.1 Å². The first kappa shape index (κ1) is 79.7. The van der Waals surface area contributed by atoms with Gasteiger partial charge in [-0.15, -0.1) is 0 Å². The molecule has 12 atom stereocenters. The number of carbonyl (C=O) groups excluding carboxylic acids is 4. The van der Waals surface area contributed by atoms with Crippen LogP contribution in [-0.2, 0) is 85.8 Å². The van der Waals surface area contributed by atoms with Crippen molar-refractivity contribution in [2.75, 3.05) is 20.2 Å². The number of alkyl carbamates (subject to hydrolysis) is 2. The van der Waals surface area contributed by atoms with Crippen LogP contribution in [0.1, 0.15) is 120 Å². The highest BCUT2D eigenvalue weighted by molar-refractivity contribution is 7.00. The highest BCUT2D eigenvalue weighted by Crippen LogP contribution is 2.48. The van der Waals surface area contributed by atoms with Crippen molar-refractivity contribution in [3.8, 4) is 0 Å². The number of aldehydes is 1. The smallest absolute Gasteiger partial charge is 0.408 e. The Labute approximate surface area is 628 Å². The molecule has 4 fully saturated rings. The van der Waals surface area contributed by atoms with E-state index in [1.807, 2.05) is 172 Å². The van der Waals surface area contributed by atoms with Gasteiger partial charge in [0.2, 0.25) is 5.91 Å². The number of hydrogen-bond acceptors (Lipinski definition) is 18. The largest absolute Gasteiger partial charge is 0.445 e. The molecule has 3 amide bonds. The van der Waals surface area contributed by atoms with Crippen molar-refractivity contribution < 1.29 is 75.4 Å². The van der Waals surface area contributed by atoms with Crippen LogP contribution < -0.4 is 42.6 Å². The van der Waals surface area contributed by atoms with Gasteiger partial charge in [-0.1, -0.05) is 237 Å². The molecular weight excluding hydrogens is 1400 g/mol. The lowest BCUT2D eigenvalue weighted by molar-refractivity contribution is -0.275. The highest BCUT2D eigenvalue weighted by atomic mass is 28.4. The van der Waals surface area contributed by atoms with Crippen LogP contribution in [0.5, 0.6) is 0 Å². The molecule has 2 N–H and O–H groups in total. The van der Waals surface area contributed by atoms with Crippen molar-refractivity contribution in [2.45, 2.75) is 223 Å². The lowest BCUT2D eigenvalue weighted by Crippen LogP contribution is -2.71. The van der Waals surface area contributed by atoms with Gasteiger partial charge in [-0.3, -0.25) is 14.2 Å². The maximum atomic E-state index is 17.5. The van der Waals surface area contributed by atoms with Crippen molar-refractivity contribution in [1.29, 1.82) is 0 Å². The van der Waals surface area contributed by atoms with Crippen molar-refractivity contribution >= 4 is 61.8 Å². The Hall–Kier alpha value is -8.29. The van der Waals surface area contributed by atoms with E-state index in [4.69, 9.17) is 56.2 Å². The summed E-state index contributed by atoms with van der Waals surface area (Å²) >= 11 is 0. The van der Waals surface area contributed by atoms with E-state index < -0.39 is 153 Å². The molecule has 0 saturated carbocycles. The van der Waals surface area contributed by atoms with Gasteiger partial charge in [0.05, 0.1) is 19.3 Å². The average molecular weight is 1500 g/mol. The van der Waals surface area contributed by atoms with Gasteiger partial charge in [-0.05, 0) is 89.4 Å². The zero-order valence-electron chi connectivity index (χ0n) is 63.6. The second-order valence-electron chi connectivity index (χ2n) is 31.2. The molecule has 11 rings (SSSR count). The number of benzene rings is 6. The van der Waals surface area contributed by atoms with Crippen LogP contribution in [0, 0.1) is 0 Å². The molecular formula is C82H103N5O18Si2. The van der Waals surface area contributed by atoms with Gasteiger partial charge in [0, 0.05) is 25.9 Å². The molecule has 25 heteroatoms. The molecule has 7 aromatic rings. The molecule has 4 aliphatic heterocycles. The first-order chi connectivity index (χ1) is 51.0. The standard InChI is InChI=1S/C82H103N5O18Si2/c1-15-82(16-2)102-66-62(49-83-75(91)104-78(3,4)5)97-74(71(66)103-82)99-67(68-69-70(101-81(12,13)100-69)73(98-68)86-48-47-64(89)87(77(86)93)54-94-51-55-35-23-17-24-36-55)65(84-76(92)95-52-56-37-25-18-26-38-56)72(90)85(14)61(53-96-106(79(6,7)8,57-39-27-19-28-40-57)58-41-29-20-30-42-58)63(50-88)105-107(80(9,10)11,59-43-31-21-32-44-59)60-45-33-22-34-46-60/h17-48,50,61-63,65-71,73-74H,15-16,49,51-54H2,1-14H3,(H,83,91)(H,84,92)/t61-,62-,63+,65+,66-,67+,68-,69-,70-,71-,73-,74+/m1/s1. The summed E-state index contributed by atoms with van der Waals surface area (Å²) in [6, 6.07) is 55.7. The van der Waals surface area contributed by atoms with E-state index >= 15 is 19.2 Å². The molecule has 107 heavy (non-hydrogen) atoms. The van der Waals surface area contributed by atoms with Gasteiger partial charge >= 0.3 is 17.9 Å². The maximum Gasteiger partial charge on any atom is 0.408 e. The Bertz CT molecular complexity index is 4150. The van der Waals surface area contributed by atoms with Crippen LogP contribution in [0.4, 0.5) is 9.59 Å². The van der Waals surface area contributed by atoms with Gasteiger partial charge in [0.25, 0.3) is 22.2 Å². The number of ether oxygens (including phenoxy) is 10. The minimum Gasteiger partial charge on any atom is -0.445 e. The van der Waals surface area contributed by atoms with Crippen LogP contribution >= 0.6 is 0 Å². The minimum atomic E-state index is -3.76. The lowest BCUT2D eigenvalue weighted by atomic mass is 9.97. The first-order valence-electron chi connectivity index (χ1n) is 36.8. The second kappa shape index (κ2) is 33.3. The molecule has 0 spiro atoms.